The lowest BCUT2D eigenvalue weighted by Crippen LogP contribution is -2.46. The minimum absolute atomic E-state index is 0.107. The van der Waals surface area contributed by atoms with Crippen molar-refractivity contribution < 1.29 is 23.9 Å². The molecular weight excluding hydrogens is 398 g/mol. The lowest BCUT2D eigenvalue weighted by atomic mass is 9.98. The number of benzene rings is 1. The third-order valence-electron chi connectivity index (χ3n) is 4.73. The van der Waals surface area contributed by atoms with Crippen molar-refractivity contribution in [1.82, 2.24) is 9.80 Å². The zero-order chi connectivity index (χ0) is 21.4. The molecule has 0 radical (unpaired) electrons. The van der Waals surface area contributed by atoms with Gasteiger partial charge in [-0.25, -0.2) is 0 Å². The summed E-state index contributed by atoms with van der Waals surface area (Å²) in [5.41, 5.74) is 0.444. The van der Waals surface area contributed by atoms with Crippen LogP contribution in [0.1, 0.15) is 19.8 Å². The molecule has 0 spiro atoms. The quantitative estimate of drug-likeness (QED) is 0.641. The Morgan fingerprint density at radius 1 is 1.34 bits per heavy atom. The average Bonchev–Trinajstić information content (AvgIpc) is 2.68. The SMILES string of the molecule is CCOC(=O)[C@@H]1CCCN(CC(=O)N(C)CC(=O)Nc2cc(Cl)ccc2OC)C1. The van der Waals surface area contributed by atoms with E-state index in [1.807, 2.05) is 4.90 Å². The lowest BCUT2D eigenvalue weighted by molar-refractivity contribution is -0.150. The Labute approximate surface area is 176 Å². The molecule has 29 heavy (non-hydrogen) atoms. The van der Waals surface area contributed by atoms with Crippen LogP contribution >= 0.6 is 11.6 Å². The Morgan fingerprint density at radius 2 is 2.10 bits per heavy atom. The van der Waals surface area contributed by atoms with Crippen LogP contribution in [0.25, 0.3) is 0 Å². The molecule has 1 fully saturated rings. The van der Waals surface area contributed by atoms with Gasteiger partial charge >= 0.3 is 5.97 Å². The molecule has 0 bridgehead atoms. The fourth-order valence-corrected chi connectivity index (χ4v) is 3.41. The zero-order valence-corrected chi connectivity index (χ0v) is 17.8. The highest BCUT2D eigenvalue weighted by atomic mass is 35.5. The third-order valence-corrected chi connectivity index (χ3v) is 4.96. The van der Waals surface area contributed by atoms with E-state index in [9.17, 15) is 14.4 Å². The van der Waals surface area contributed by atoms with E-state index in [0.717, 1.165) is 19.4 Å². The van der Waals surface area contributed by atoms with Crippen LogP contribution in [-0.2, 0) is 19.1 Å². The van der Waals surface area contributed by atoms with Crippen LogP contribution in [0.2, 0.25) is 5.02 Å². The van der Waals surface area contributed by atoms with Crippen LogP contribution in [0.15, 0.2) is 18.2 Å². The summed E-state index contributed by atoms with van der Waals surface area (Å²) >= 11 is 5.97. The van der Waals surface area contributed by atoms with Crippen LogP contribution in [0.4, 0.5) is 5.69 Å². The second kappa shape index (κ2) is 11.0. The fourth-order valence-electron chi connectivity index (χ4n) is 3.23. The second-order valence-electron chi connectivity index (χ2n) is 6.97. The molecule has 1 aliphatic rings. The van der Waals surface area contributed by atoms with Gasteiger partial charge in [-0.2, -0.15) is 0 Å². The highest BCUT2D eigenvalue weighted by Gasteiger charge is 2.28. The first-order chi connectivity index (χ1) is 13.8. The molecule has 9 heteroatoms. The maximum atomic E-state index is 12.5. The predicted molar refractivity (Wildman–Crippen MR) is 110 cm³/mol. The number of carbonyl (C=O) groups excluding carboxylic acids is 3. The highest BCUT2D eigenvalue weighted by molar-refractivity contribution is 6.31. The van der Waals surface area contributed by atoms with E-state index in [1.165, 1.54) is 12.0 Å². The Balaban J connectivity index is 1.86. The smallest absolute Gasteiger partial charge is 0.310 e. The van der Waals surface area contributed by atoms with Crippen molar-refractivity contribution >= 4 is 35.1 Å². The number of hydrogen-bond donors (Lipinski definition) is 1. The number of methoxy groups -OCH3 is 1. The Hall–Kier alpha value is -2.32. The predicted octanol–water partition coefficient (Wildman–Crippen LogP) is 2.02. The molecule has 2 amide bonds. The lowest BCUT2D eigenvalue weighted by Gasteiger charge is -2.32. The number of hydrogen-bond acceptors (Lipinski definition) is 6. The molecular formula is C20H28ClN3O5. The van der Waals surface area contributed by atoms with Gasteiger partial charge in [-0.05, 0) is 44.5 Å². The standard InChI is InChI=1S/C20H28ClN3O5/c1-4-29-20(27)14-6-5-9-24(11-14)13-19(26)23(2)12-18(25)22-16-10-15(21)7-8-17(16)28-3/h7-8,10,14H,4-6,9,11-13H2,1-3H3,(H,22,25)/t14-/m1/s1. The van der Waals surface area contributed by atoms with Crippen molar-refractivity contribution in [2.75, 3.05) is 52.3 Å². The summed E-state index contributed by atoms with van der Waals surface area (Å²) in [7, 11) is 3.07. The molecule has 0 aromatic heterocycles. The monoisotopic (exact) mass is 425 g/mol. The van der Waals surface area contributed by atoms with Crippen LogP contribution in [0.5, 0.6) is 5.75 Å². The summed E-state index contributed by atoms with van der Waals surface area (Å²) in [6, 6.07) is 4.90. The van der Waals surface area contributed by atoms with Gasteiger partial charge in [0.05, 0.1) is 38.4 Å². The van der Waals surface area contributed by atoms with Gasteiger partial charge in [-0.3, -0.25) is 19.3 Å². The molecule has 1 heterocycles. The van der Waals surface area contributed by atoms with E-state index in [0.29, 0.717) is 29.6 Å². The first-order valence-electron chi connectivity index (χ1n) is 9.60. The number of likely N-dealkylation sites (tertiary alicyclic amines) is 1. The van der Waals surface area contributed by atoms with E-state index >= 15 is 0 Å². The number of ether oxygens (including phenoxy) is 2. The van der Waals surface area contributed by atoms with Gasteiger partial charge in [-0.1, -0.05) is 11.6 Å². The summed E-state index contributed by atoms with van der Waals surface area (Å²) in [4.78, 5) is 40.1. The molecule has 1 saturated heterocycles. The van der Waals surface area contributed by atoms with Crippen molar-refractivity contribution in [3.05, 3.63) is 23.2 Å². The molecule has 1 atom stereocenters. The van der Waals surface area contributed by atoms with Crippen LogP contribution < -0.4 is 10.1 Å². The number of likely N-dealkylation sites (N-methyl/N-ethyl adjacent to an activating group) is 1. The molecule has 8 nitrogen and oxygen atoms in total. The molecule has 160 valence electrons. The Bertz CT molecular complexity index is 743. The van der Waals surface area contributed by atoms with Crippen molar-refractivity contribution in [1.29, 1.82) is 0 Å². The minimum Gasteiger partial charge on any atom is -0.495 e. The number of halogens is 1. The first-order valence-corrected chi connectivity index (χ1v) is 9.98. The molecule has 0 saturated carbocycles. The molecule has 0 aliphatic carbocycles. The molecule has 2 rings (SSSR count). The number of piperidine rings is 1. The van der Waals surface area contributed by atoms with E-state index in [4.69, 9.17) is 21.1 Å². The van der Waals surface area contributed by atoms with Crippen molar-refractivity contribution in [3.63, 3.8) is 0 Å². The average molecular weight is 426 g/mol. The third kappa shape index (κ3) is 6.90. The van der Waals surface area contributed by atoms with Crippen molar-refractivity contribution in [2.45, 2.75) is 19.8 Å². The maximum Gasteiger partial charge on any atom is 0.310 e. The maximum absolute atomic E-state index is 12.5. The van der Waals surface area contributed by atoms with E-state index in [-0.39, 0.29) is 36.8 Å². The van der Waals surface area contributed by atoms with Crippen LogP contribution in [0, 0.1) is 5.92 Å². The topological polar surface area (TPSA) is 88.2 Å². The van der Waals surface area contributed by atoms with Crippen molar-refractivity contribution in [2.24, 2.45) is 5.92 Å². The first kappa shape index (κ1) is 23.0. The number of carbonyl (C=O) groups is 3. The number of anilines is 1. The largest absolute Gasteiger partial charge is 0.495 e. The summed E-state index contributed by atoms with van der Waals surface area (Å²) in [5, 5.41) is 3.18. The van der Waals surface area contributed by atoms with Crippen molar-refractivity contribution in [3.8, 4) is 5.75 Å². The van der Waals surface area contributed by atoms with Crippen LogP contribution in [-0.4, -0.2) is 74.5 Å². The van der Waals surface area contributed by atoms with Gasteiger partial charge in [0.1, 0.15) is 5.75 Å². The second-order valence-corrected chi connectivity index (χ2v) is 7.41. The summed E-state index contributed by atoms with van der Waals surface area (Å²) < 4.78 is 10.3. The number of rotatable bonds is 8. The molecule has 1 aromatic rings. The molecule has 0 unspecified atom stereocenters. The number of nitrogens with zero attached hydrogens (tertiary/aromatic N) is 2. The fraction of sp³-hybridized carbons (Fsp3) is 0.550. The summed E-state index contributed by atoms with van der Waals surface area (Å²) in [6.45, 7) is 3.40. The number of amides is 2. The summed E-state index contributed by atoms with van der Waals surface area (Å²) in [6.07, 6.45) is 1.60. The minimum atomic E-state index is -0.357. The number of nitrogens with one attached hydrogen (secondary N) is 1. The van der Waals surface area contributed by atoms with Gasteiger partial charge in [-0.15, -0.1) is 0 Å². The van der Waals surface area contributed by atoms with E-state index in [1.54, 1.807) is 32.2 Å². The molecule has 1 N–H and O–H groups in total. The van der Waals surface area contributed by atoms with Gasteiger partial charge in [0.2, 0.25) is 11.8 Å². The Morgan fingerprint density at radius 3 is 2.79 bits per heavy atom. The van der Waals surface area contributed by atoms with Gasteiger partial charge in [0.25, 0.3) is 0 Å². The molecule has 1 aliphatic heterocycles. The van der Waals surface area contributed by atoms with Crippen LogP contribution in [0.3, 0.4) is 0 Å². The van der Waals surface area contributed by atoms with Gasteiger partial charge in [0, 0.05) is 18.6 Å². The zero-order valence-electron chi connectivity index (χ0n) is 17.1. The van der Waals surface area contributed by atoms with E-state index < -0.39 is 0 Å². The number of esters is 1. The van der Waals surface area contributed by atoms with Gasteiger partial charge in [0.15, 0.2) is 0 Å². The summed E-state index contributed by atoms with van der Waals surface area (Å²) in [5.74, 6) is -0.490. The molecule has 1 aromatic carbocycles. The Kier molecular flexibility index (Phi) is 8.72. The normalized spacial score (nSPS) is 16.8. The van der Waals surface area contributed by atoms with Gasteiger partial charge < -0.3 is 19.7 Å². The van der Waals surface area contributed by atoms with E-state index in [2.05, 4.69) is 5.32 Å². The highest BCUT2D eigenvalue weighted by Crippen LogP contribution is 2.27.